The van der Waals surface area contributed by atoms with Crippen LogP contribution in [-0.4, -0.2) is 12.5 Å². The highest BCUT2D eigenvalue weighted by Gasteiger charge is 2.09. The summed E-state index contributed by atoms with van der Waals surface area (Å²) in [5.74, 6) is 0.929. The predicted molar refractivity (Wildman–Crippen MR) is 93.5 cm³/mol. The fraction of sp³-hybridized carbons (Fsp3) is 0.0500. The molecule has 0 aliphatic rings. The number of para-hydroxylation sites is 3. The van der Waals surface area contributed by atoms with E-state index in [1.807, 2.05) is 36.4 Å². The number of carbonyl (C=O) groups is 1. The van der Waals surface area contributed by atoms with E-state index < -0.39 is 0 Å². The van der Waals surface area contributed by atoms with Gasteiger partial charge in [0.1, 0.15) is 17.3 Å². The van der Waals surface area contributed by atoms with Crippen molar-refractivity contribution in [2.45, 2.75) is 0 Å². The maximum atomic E-state index is 12.8. The third kappa shape index (κ3) is 4.81. The summed E-state index contributed by atoms with van der Waals surface area (Å²) in [5.41, 5.74) is 0.541. The van der Waals surface area contributed by atoms with Gasteiger partial charge in [0.15, 0.2) is 12.4 Å². The number of benzene rings is 3. The lowest BCUT2D eigenvalue weighted by Crippen LogP contribution is -2.20. The molecule has 0 saturated carbocycles. The molecule has 0 saturated heterocycles. The van der Waals surface area contributed by atoms with Crippen molar-refractivity contribution < 1.29 is 18.7 Å². The number of anilines is 1. The Labute approximate surface area is 144 Å². The first-order chi connectivity index (χ1) is 12.2. The molecule has 0 aliphatic carbocycles. The average molecular weight is 337 g/mol. The number of ether oxygens (including phenoxy) is 2. The van der Waals surface area contributed by atoms with Crippen LogP contribution in [0.1, 0.15) is 0 Å². The highest BCUT2D eigenvalue weighted by Crippen LogP contribution is 2.29. The summed E-state index contributed by atoms with van der Waals surface area (Å²) in [7, 11) is 0. The summed E-state index contributed by atoms with van der Waals surface area (Å²) in [5, 5.41) is 2.75. The minimum absolute atomic E-state index is 0.189. The van der Waals surface area contributed by atoms with Gasteiger partial charge in [-0.25, -0.2) is 4.39 Å². The average Bonchev–Trinajstić information content (AvgIpc) is 2.64. The van der Waals surface area contributed by atoms with E-state index in [1.54, 1.807) is 18.2 Å². The Balaban J connectivity index is 1.62. The lowest BCUT2D eigenvalue weighted by molar-refractivity contribution is -0.118. The third-order valence-corrected chi connectivity index (χ3v) is 3.32. The summed E-state index contributed by atoms with van der Waals surface area (Å²) < 4.78 is 24.0. The zero-order valence-electron chi connectivity index (χ0n) is 13.3. The van der Waals surface area contributed by atoms with E-state index in [1.165, 1.54) is 24.3 Å². The Morgan fingerprint density at radius 3 is 2.28 bits per heavy atom. The van der Waals surface area contributed by atoms with E-state index in [-0.39, 0.29) is 18.3 Å². The molecule has 3 aromatic rings. The molecule has 0 aromatic heterocycles. The molecule has 1 N–H and O–H groups in total. The number of halogens is 1. The lowest BCUT2D eigenvalue weighted by atomic mass is 10.3. The van der Waals surface area contributed by atoms with Gasteiger partial charge in [-0.2, -0.15) is 0 Å². The second-order valence-electron chi connectivity index (χ2n) is 5.20. The van der Waals surface area contributed by atoms with Crippen molar-refractivity contribution in [2.75, 3.05) is 11.9 Å². The molecule has 126 valence electrons. The fourth-order valence-corrected chi connectivity index (χ4v) is 2.14. The van der Waals surface area contributed by atoms with Crippen LogP contribution in [0.25, 0.3) is 0 Å². The molecule has 0 unspecified atom stereocenters. The van der Waals surface area contributed by atoms with Crippen molar-refractivity contribution in [3.8, 4) is 17.2 Å². The first kappa shape index (κ1) is 16.5. The van der Waals surface area contributed by atoms with Crippen molar-refractivity contribution in [1.29, 1.82) is 0 Å². The molecule has 3 aromatic carbocycles. The van der Waals surface area contributed by atoms with Crippen LogP contribution >= 0.6 is 0 Å². The van der Waals surface area contributed by atoms with E-state index >= 15 is 0 Å². The standard InChI is InChI=1S/C20H16FNO3/c21-15-10-12-16(13-11-15)24-14-20(23)22-18-8-4-5-9-19(18)25-17-6-2-1-3-7-17/h1-13H,14H2,(H,22,23). The Kier molecular flexibility index (Phi) is 5.26. The molecule has 25 heavy (non-hydrogen) atoms. The number of hydrogen-bond donors (Lipinski definition) is 1. The second-order valence-corrected chi connectivity index (χ2v) is 5.20. The first-order valence-electron chi connectivity index (χ1n) is 7.71. The van der Waals surface area contributed by atoms with Crippen LogP contribution in [-0.2, 0) is 4.79 Å². The summed E-state index contributed by atoms with van der Waals surface area (Å²) in [6.07, 6.45) is 0. The minimum atomic E-state index is -0.358. The topological polar surface area (TPSA) is 47.6 Å². The smallest absolute Gasteiger partial charge is 0.262 e. The van der Waals surface area contributed by atoms with Crippen molar-refractivity contribution in [1.82, 2.24) is 0 Å². The normalized spacial score (nSPS) is 10.1. The molecule has 0 heterocycles. The third-order valence-electron chi connectivity index (χ3n) is 3.32. The van der Waals surface area contributed by atoms with Gasteiger partial charge in [0.25, 0.3) is 5.91 Å². The van der Waals surface area contributed by atoms with Crippen LogP contribution in [0, 0.1) is 5.82 Å². The zero-order chi connectivity index (χ0) is 17.5. The number of carbonyl (C=O) groups excluding carboxylic acids is 1. The second kappa shape index (κ2) is 7.97. The summed E-state index contributed by atoms with van der Waals surface area (Å²) in [6.45, 7) is -0.189. The highest BCUT2D eigenvalue weighted by molar-refractivity contribution is 5.93. The van der Waals surface area contributed by atoms with Gasteiger partial charge < -0.3 is 14.8 Å². The molecule has 1 amide bonds. The summed E-state index contributed by atoms with van der Waals surface area (Å²) in [4.78, 5) is 12.1. The van der Waals surface area contributed by atoms with Crippen LogP contribution in [0.15, 0.2) is 78.9 Å². The molecule has 4 nitrogen and oxygen atoms in total. The Bertz CT molecular complexity index is 835. The lowest BCUT2D eigenvalue weighted by Gasteiger charge is -2.12. The van der Waals surface area contributed by atoms with E-state index in [9.17, 15) is 9.18 Å². The van der Waals surface area contributed by atoms with E-state index in [0.717, 1.165) is 0 Å². The number of amides is 1. The van der Waals surface area contributed by atoms with Gasteiger partial charge in [0, 0.05) is 0 Å². The number of rotatable bonds is 6. The molecule has 0 radical (unpaired) electrons. The monoisotopic (exact) mass is 337 g/mol. The van der Waals surface area contributed by atoms with Crippen molar-refractivity contribution in [3.63, 3.8) is 0 Å². The van der Waals surface area contributed by atoms with E-state index in [0.29, 0.717) is 22.9 Å². The molecule has 0 atom stereocenters. The van der Waals surface area contributed by atoms with Gasteiger partial charge in [-0.15, -0.1) is 0 Å². The quantitative estimate of drug-likeness (QED) is 0.713. The van der Waals surface area contributed by atoms with Crippen LogP contribution < -0.4 is 14.8 Å². The Hall–Kier alpha value is -3.34. The van der Waals surface area contributed by atoms with Gasteiger partial charge in [0.05, 0.1) is 5.69 Å². The van der Waals surface area contributed by atoms with Crippen LogP contribution in [0.5, 0.6) is 17.2 Å². The maximum absolute atomic E-state index is 12.8. The molecule has 5 heteroatoms. The molecular weight excluding hydrogens is 321 g/mol. The summed E-state index contributed by atoms with van der Waals surface area (Å²) in [6, 6.07) is 21.9. The molecular formula is C20H16FNO3. The summed E-state index contributed by atoms with van der Waals surface area (Å²) >= 11 is 0. The zero-order valence-corrected chi connectivity index (χ0v) is 13.3. The van der Waals surface area contributed by atoms with E-state index in [2.05, 4.69) is 5.32 Å². The van der Waals surface area contributed by atoms with Gasteiger partial charge in [-0.3, -0.25) is 4.79 Å². The number of nitrogens with one attached hydrogen (secondary N) is 1. The Morgan fingerprint density at radius 2 is 1.52 bits per heavy atom. The molecule has 3 rings (SSSR count). The fourth-order valence-electron chi connectivity index (χ4n) is 2.14. The van der Waals surface area contributed by atoms with Crippen molar-refractivity contribution in [3.05, 3.63) is 84.7 Å². The van der Waals surface area contributed by atoms with Gasteiger partial charge in [-0.1, -0.05) is 30.3 Å². The molecule has 0 fully saturated rings. The SMILES string of the molecule is O=C(COc1ccc(F)cc1)Nc1ccccc1Oc1ccccc1. The minimum Gasteiger partial charge on any atom is -0.484 e. The van der Waals surface area contributed by atoms with Crippen LogP contribution in [0.4, 0.5) is 10.1 Å². The predicted octanol–water partition coefficient (Wildman–Crippen LogP) is 4.64. The van der Waals surface area contributed by atoms with Crippen molar-refractivity contribution >= 4 is 11.6 Å². The number of hydrogen-bond acceptors (Lipinski definition) is 3. The largest absolute Gasteiger partial charge is 0.484 e. The van der Waals surface area contributed by atoms with Gasteiger partial charge in [0.2, 0.25) is 0 Å². The maximum Gasteiger partial charge on any atom is 0.262 e. The molecule has 0 aliphatic heterocycles. The van der Waals surface area contributed by atoms with Crippen LogP contribution in [0.2, 0.25) is 0 Å². The molecule has 0 bridgehead atoms. The molecule has 0 spiro atoms. The van der Waals surface area contributed by atoms with Gasteiger partial charge >= 0.3 is 0 Å². The Morgan fingerprint density at radius 1 is 0.840 bits per heavy atom. The van der Waals surface area contributed by atoms with E-state index in [4.69, 9.17) is 9.47 Å². The first-order valence-corrected chi connectivity index (χ1v) is 7.71. The van der Waals surface area contributed by atoms with Crippen LogP contribution in [0.3, 0.4) is 0 Å². The van der Waals surface area contributed by atoms with Gasteiger partial charge in [-0.05, 0) is 48.5 Å². The highest BCUT2D eigenvalue weighted by atomic mass is 19.1. The van der Waals surface area contributed by atoms with Crippen molar-refractivity contribution in [2.24, 2.45) is 0 Å².